The van der Waals surface area contributed by atoms with Gasteiger partial charge in [0.15, 0.2) is 12.4 Å². The molecule has 27 heavy (non-hydrogen) atoms. The Morgan fingerprint density at radius 1 is 1.07 bits per heavy atom. The van der Waals surface area contributed by atoms with Crippen LogP contribution < -0.4 is 10.1 Å². The maximum Gasteiger partial charge on any atom is 0.276 e. The Labute approximate surface area is 163 Å². The van der Waals surface area contributed by atoms with Crippen molar-refractivity contribution in [2.24, 2.45) is 0 Å². The first kappa shape index (κ1) is 17.2. The molecule has 0 aliphatic rings. The Morgan fingerprint density at radius 3 is 2.74 bits per heavy atom. The SMILES string of the molecule is O=C(Nc1cccc2cccnc12)c1ccn(COc2ccc(Br)cc2)n1. The van der Waals surface area contributed by atoms with Crippen LogP contribution in [0.2, 0.25) is 0 Å². The summed E-state index contributed by atoms with van der Waals surface area (Å²) < 4.78 is 8.20. The number of hydrogen-bond acceptors (Lipinski definition) is 4. The highest BCUT2D eigenvalue weighted by molar-refractivity contribution is 9.10. The van der Waals surface area contributed by atoms with Gasteiger partial charge in [-0.1, -0.05) is 34.1 Å². The summed E-state index contributed by atoms with van der Waals surface area (Å²) in [5, 5.41) is 8.10. The van der Waals surface area contributed by atoms with E-state index in [1.165, 1.54) is 0 Å². The van der Waals surface area contributed by atoms with Crippen LogP contribution in [-0.4, -0.2) is 20.7 Å². The number of pyridine rings is 1. The topological polar surface area (TPSA) is 69.0 Å². The van der Waals surface area contributed by atoms with Crippen molar-refractivity contribution in [2.75, 3.05) is 5.32 Å². The maximum absolute atomic E-state index is 12.5. The minimum absolute atomic E-state index is 0.213. The summed E-state index contributed by atoms with van der Waals surface area (Å²) in [6, 6.07) is 18.6. The lowest BCUT2D eigenvalue weighted by Gasteiger charge is -2.07. The number of hydrogen-bond donors (Lipinski definition) is 1. The number of carbonyl (C=O) groups excluding carboxylic acids is 1. The van der Waals surface area contributed by atoms with Crippen LogP contribution in [0.25, 0.3) is 10.9 Å². The van der Waals surface area contributed by atoms with Gasteiger partial charge in [0.1, 0.15) is 5.75 Å². The van der Waals surface area contributed by atoms with E-state index in [-0.39, 0.29) is 12.6 Å². The van der Waals surface area contributed by atoms with Crippen LogP contribution in [0.5, 0.6) is 5.75 Å². The zero-order valence-electron chi connectivity index (χ0n) is 14.2. The van der Waals surface area contributed by atoms with E-state index in [0.29, 0.717) is 11.4 Å². The molecule has 0 aliphatic heterocycles. The number of ether oxygens (including phenoxy) is 1. The summed E-state index contributed by atoms with van der Waals surface area (Å²) >= 11 is 3.38. The van der Waals surface area contributed by atoms with E-state index in [9.17, 15) is 4.79 Å². The van der Waals surface area contributed by atoms with Gasteiger partial charge in [-0.05, 0) is 42.5 Å². The first-order valence-electron chi connectivity index (χ1n) is 8.26. The van der Waals surface area contributed by atoms with Crippen LogP contribution >= 0.6 is 15.9 Å². The average molecular weight is 423 g/mol. The highest BCUT2D eigenvalue weighted by atomic mass is 79.9. The molecule has 7 heteroatoms. The van der Waals surface area contributed by atoms with Crippen molar-refractivity contribution in [1.29, 1.82) is 0 Å². The van der Waals surface area contributed by atoms with E-state index >= 15 is 0 Å². The van der Waals surface area contributed by atoms with Gasteiger partial charge < -0.3 is 10.1 Å². The molecule has 0 aliphatic carbocycles. The third-order valence-electron chi connectivity index (χ3n) is 3.93. The standard InChI is InChI=1S/C20H15BrN4O2/c21-15-6-8-16(9-7-15)27-13-25-12-10-18(24-25)20(26)23-17-5-1-3-14-4-2-11-22-19(14)17/h1-12H,13H2,(H,23,26). The van der Waals surface area contributed by atoms with Crippen molar-refractivity contribution in [1.82, 2.24) is 14.8 Å². The monoisotopic (exact) mass is 422 g/mol. The largest absolute Gasteiger partial charge is 0.471 e. The molecule has 1 N–H and O–H groups in total. The fraction of sp³-hybridized carbons (Fsp3) is 0.0500. The van der Waals surface area contributed by atoms with E-state index in [1.54, 1.807) is 23.1 Å². The minimum Gasteiger partial charge on any atom is -0.471 e. The van der Waals surface area contributed by atoms with Gasteiger partial charge in [0.05, 0.1) is 11.2 Å². The maximum atomic E-state index is 12.5. The Kier molecular flexibility index (Phi) is 4.84. The van der Waals surface area contributed by atoms with Crippen LogP contribution in [0, 0.1) is 0 Å². The van der Waals surface area contributed by atoms with E-state index in [1.807, 2.05) is 54.6 Å². The van der Waals surface area contributed by atoms with E-state index in [4.69, 9.17) is 4.74 Å². The first-order chi connectivity index (χ1) is 13.2. The highest BCUT2D eigenvalue weighted by Gasteiger charge is 2.12. The van der Waals surface area contributed by atoms with Crippen molar-refractivity contribution < 1.29 is 9.53 Å². The van der Waals surface area contributed by atoms with Gasteiger partial charge >= 0.3 is 0 Å². The number of para-hydroxylation sites is 1. The molecule has 4 rings (SSSR count). The second-order valence-electron chi connectivity index (χ2n) is 5.80. The summed E-state index contributed by atoms with van der Waals surface area (Å²) in [5.41, 5.74) is 1.70. The van der Waals surface area contributed by atoms with Crippen LogP contribution in [0.3, 0.4) is 0 Å². The first-order valence-corrected chi connectivity index (χ1v) is 9.05. The zero-order chi connectivity index (χ0) is 18.6. The normalized spacial score (nSPS) is 10.7. The number of carbonyl (C=O) groups is 1. The van der Waals surface area contributed by atoms with Gasteiger partial charge in [0.25, 0.3) is 5.91 Å². The molecule has 6 nitrogen and oxygen atoms in total. The number of anilines is 1. The second-order valence-corrected chi connectivity index (χ2v) is 6.72. The number of benzene rings is 2. The molecule has 4 aromatic rings. The van der Waals surface area contributed by atoms with Crippen molar-refractivity contribution >= 4 is 38.4 Å². The Bertz CT molecular complexity index is 1090. The third kappa shape index (κ3) is 3.98. The van der Waals surface area contributed by atoms with Crippen LogP contribution in [0.1, 0.15) is 10.5 Å². The third-order valence-corrected chi connectivity index (χ3v) is 4.46. The second kappa shape index (κ2) is 7.59. The van der Waals surface area contributed by atoms with Crippen molar-refractivity contribution in [3.63, 3.8) is 0 Å². The number of fused-ring (bicyclic) bond motifs is 1. The molecule has 134 valence electrons. The number of nitrogens with one attached hydrogen (secondary N) is 1. The molecule has 0 saturated heterocycles. The molecule has 2 aromatic carbocycles. The van der Waals surface area contributed by atoms with E-state index < -0.39 is 0 Å². The summed E-state index contributed by atoms with van der Waals surface area (Å²) in [6.45, 7) is 0.213. The molecular formula is C20H15BrN4O2. The van der Waals surface area contributed by atoms with E-state index in [0.717, 1.165) is 21.1 Å². The molecule has 0 spiro atoms. The molecule has 0 atom stereocenters. The molecule has 0 saturated carbocycles. The summed E-state index contributed by atoms with van der Waals surface area (Å²) in [7, 11) is 0. The molecule has 0 bridgehead atoms. The molecule has 0 unspecified atom stereocenters. The number of rotatable bonds is 5. The van der Waals surface area contributed by atoms with Gasteiger partial charge in [-0.25, -0.2) is 4.68 Å². The average Bonchev–Trinajstić information content (AvgIpc) is 3.17. The van der Waals surface area contributed by atoms with Crippen molar-refractivity contribution in [3.8, 4) is 5.75 Å². The minimum atomic E-state index is -0.296. The molecule has 1 amide bonds. The summed E-state index contributed by atoms with van der Waals surface area (Å²) in [5.74, 6) is 0.428. The lowest BCUT2D eigenvalue weighted by Crippen LogP contribution is -2.14. The fourth-order valence-electron chi connectivity index (χ4n) is 2.62. The summed E-state index contributed by atoms with van der Waals surface area (Å²) in [6.07, 6.45) is 3.40. The molecule has 2 aromatic heterocycles. The lowest BCUT2D eigenvalue weighted by atomic mass is 10.2. The summed E-state index contributed by atoms with van der Waals surface area (Å²) in [4.78, 5) is 16.9. The molecule has 0 fully saturated rings. The Morgan fingerprint density at radius 2 is 1.89 bits per heavy atom. The van der Waals surface area contributed by atoms with Gasteiger partial charge in [-0.3, -0.25) is 9.78 Å². The van der Waals surface area contributed by atoms with Crippen LogP contribution in [0.4, 0.5) is 5.69 Å². The van der Waals surface area contributed by atoms with Gasteiger partial charge in [-0.15, -0.1) is 0 Å². The predicted octanol–water partition coefficient (Wildman–Crippen LogP) is 4.48. The highest BCUT2D eigenvalue weighted by Crippen LogP contribution is 2.21. The van der Waals surface area contributed by atoms with Gasteiger partial charge in [-0.2, -0.15) is 5.10 Å². The van der Waals surface area contributed by atoms with Crippen molar-refractivity contribution in [2.45, 2.75) is 6.73 Å². The van der Waals surface area contributed by atoms with Gasteiger partial charge in [0, 0.05) is 22.3 Å². The molecule has 2 heterocycles. The molecule has 0 radical (unpaired) electrons. The zero-order valence-corrected chi connectivity index (χ0v) is 15.8. The van der Waals surface area contributed by atoms with Gasteiger partial charge in [0.2, 0.25) is 0 Å². The smallest absolute Gasteiger partial charge is 0.276 e. The lowest BCUT2D eigenvalue weighted by molar-refractivity contribution is 0.102. The van der Waals surface area contributed by atoms with Crippen LogP contribution in [-0.2, 0) is 6.73 Å². The van der Waals surface area contributed by atoms with Crippen LogP contribution in [0.15, 0.2) is 77.5 Å². The molecular weight excluding hydrogens is 408 g/mol. The number of aromatic nitrogens is 3. The number of halogens is 1. The van der Waals surface area contributed by atoms with Crippen molar-refractivity contribution in [3.05, 3.63) is 83.2 Å². The quantitative estimate of drug-likeness (QED) is 0.514. The van der Waals surface area contributed by atoms with E-state index in [2.05, 4.69) is 31.3 Å². The number of amides is 1. The Hall–Kier alpha value is -3.19. The number of nitrogens with zero attached hydrogens (tertiary/aromatic N) is 3. The Balaban J connectivity index is 1.44. The predicted molar refractivity (Wildman–Crippen MR) is 107 cm³/mol. The fourth-order valence-corrected chi connectivity index (χ4v) is 2.88.